The van der Waals surface area contributed by atoms with Gasteiger partial charge in [-0.05, 0) is 25.2 Å². The maximum atomic E-state index is 3.42. The second kappa shape index (κ2) is 4.83. The molecular formula is C6H6Br2P2. The molecule has 0 bridgehead atoms. The molecule has 0 saturated carbocycles. The topological polar surface area (TPSA) is 0 Å². The van der Waals surface area contributed by atoms with E-state index >= 15 is 0 Å². The molecule has 4 heteroatoms. The summed E-state index contributed by atoms with van der Waals surface area (Å²) < 4.78 is 0. The van der Waals surface area contributed by atoms with Crippen molar-refractivity contribution in [3.63, 3.8) is 0 Å². The molecule has 0 heterocycles. The van der Waals surface area contributed by atoms with Crippen molar-refractivity contribution in [2.24, 2.45) is 0 Å². The molecule has 0 spiro atoms. The first-order chi connectivity index (χ1) is 4.86. The van der Waals surface area contributed by atoms with Gasteiger partial charge in [-0.15, -0.1) is 0 Å². The van der Waals surface area contributed by atoms with Crippen LogP contribution in [0.25, 0.3) is 0 Å². The summed E-state index contributed by atoms with van der Waals surface area (Å²) in [5.41, 5.74) is 0. The second-order valence-corrected chi connectivity index (χ2v) is 5.68. The Morgan fingerprint density at radius 1 is 0.800 bits per heavy atom. The van der Waals surface area contributed by atoms with Crippen LogP contribution in [-0.2, 0) is 0 Å². The first kappa shape index (κ1) is 9.13. The highest BCUT2D eigenvalue weighted by Crippen LogP contribution is 2.21. The fourth-order valence-corrected chi connectivity index (χ4v) is 2.77. The van der Waals surface area contributed by atoms with Gasteiger partial charge in [-0.2, -0.15) is 0 Å². The van der Waals surface area contributed by atoms with Crippen LogP contribution in [0.5, 0.6) is 0 Å². The van der Waals surface area contributed by atoms with E-state index < -0.39 is 0 Å². The van der Waals surface area contributed by atoms with Crippen LogP contribution in [0, 0.1) is 0 Å². The Labute approximate surface area is 80.2 Å². The van der Waals surface area contributed by atoms with Crippen molar-refractivity contribution < 1.29 is 0 Å². The van der Waals surface area contributed by atoms with Gasteiger partial charge in [0.15, 0.2) is 0 Å². The largest absolute Gasteiger partial charge is 0.0589 e. The van der Waals surface area contributed by atoms with E-state index in [-0.39, 0.29) is 0 Å². The summed E-state index contributed by atoms with van der Waals surface area (Å²) in [6, 6.07) is 8.60. The van der Waals surface area contributed by atoms with Gasteiger partial charge in [0.2, 0.25) is 0 Å². The molecule has 10 heavy (non-hydrogen) atoms. The van der Waals surface area contributed by atoms with E-state index in [0.717, 1.165) is 14.6 Å². The van der Waals surface area contributed by atoms with Gasteiger partial charge in [-0.3, -0.25) is 0 Å². The lowest BCUT2D eigenvalue weighted by Gasteiger charge is -1.95. The number of rotatable bonds is 2. The van der Waals surface area contributed by atoms with Crippen molar-refractivity contribution in [3.8, 4) is 0 Å². The lowest BCUT2D eigenvalue weighted by atomic mass is 10.4. The van der Waals surface area contributed by atoms with E-state index in [1.54, 1.807) is 0 Å². The van der Waals surface area contributed by atoms with Crippen LogP contribution in [0.4, 0.5) is 0 Å². The summed E-state index contributed by atoms with van der Waals surface area (Å²) in [4.78, 5) is 0. The Hall–Kier alpha value is 1.04. The molecular weight excluding hydrogens is 294 g/mol. The van der Waals surface area contributed by atoms with Gasteiger partial charge in [-0.25, -0.2) is 0 Å². The summed E-state index contributed by atoms with van der Waals surface area (Å²) in [6.07, 6.45) is 0. The first-order valence-corrected chi connectivity index (χ1v) is 9.21. The van der Waals surface area contributed by atoms with Crippen LogP contribution in [0.3, 0.4) is 0 Å². The standard InChI is InChI=1S/C6H6Br2P2/c7-9-5-1-2-6(10-8)4-3-5/h1-4,9-10H. The van der Waals surface area contributed by atoms with E-state index in [4.69, 9.17) is 0 Å². The fourth-order valence-electron chi connectivity index (χ4n) is 0.596. The molecule has 0 fully saturated rings. The van der Waals surface area contributed by atoms with E-state index in [1.165, 1.54) is 10.6 Å². The van der Waals surface area contributed by atoms with E-state index in [1.807, 2.05) is 0 Å². The quantitative estimate of drug-likeness (QED) is 0.737. The monoisotopic (exact) mass is 298 g/mol. The van der Waals surface area contributed by atoms with Gasteiger partial charge in [0.1, 0.15) is 0 Å². The minimum Gasteiger partial charge on any atom is -0.0589 e. The van der Waals surface area contributed by atoms with Crippen molar-refractivity contribution in [2.75, 3.05) is 0 Å². The molecule has 0 aliphatic carbocycles. The smallest absolute Gasteiger partial charge is 0.0161 e. The minimum absolute atomic E-state index is 0.728. The van der Waals surface area contributed by atoms with Crippen LogP contribution in [0.15, 0.2) is 24.3 Å². The predicted molar refractivity (Wildman–Crippen MR) is 60.2 cm³/mol. The number of benzene rings is 1. The molecule has 1 aromatic rings. The number of hydrogen-bond donors (Lipinski definition) is 0. The Balaban J connectivity index is 2.80. The zero-order valence-electron chi connectivity index (χ0n) is 5.07. The van der Waals surface area contributed by atoms with Crippen molar-refractivity contribution in [1.29, 1.82) is 0 Å². The normalized spacial score (nSPS) is 12.2. The second-order valence-electron chi connectivity index (χ2n) is 1.77. The zero-order valence-corrected chi connectivity index (χ0v) is 10.2. The van der Waals surface area contributed by atoms with Gasteiger partial charge < -0.3 is 0 Å². The first-order valence-electron chi connectivity index (χ1n) is 2.70. The average Bonchev–Trinajstić information content (AvgIpc) is 2.05. The van der Waals surface area contributed by atoms with Gasteiger partial charge in [0.25, 0.3) is 0 Å². The summed E-state index contributed by atoms with van der Waals surface area (Å²) >= 11 is 6.84. The van der Waals surface area contributed by atoms with Gasteiger partial charge in [0, 0.05) is 0 Å². The minimum atomic E-state index is 0.728. The molecule has 0 aliphatic heterocycles. The molecule has 54 valence electrons. The van der Waals surface area contributed by atoms with Crippen LogP contribution in [0.2, 0.25) is 0 Å². The number of hydrogen-bond acceptors (Lipinski definition) is 0. The predicted octanol–water partition coefficient (Wildman–Crippen LogP) is 2.91. The van der Waals surface area contributed by atoms with Crippen LogP contribution in [0.1, 0.15) is 0 Å². The molecule has 1 aromatic carbocycles. The van der Waals surface area contributed by atoms with Gasteiger partial charge >= 0.3 is 0 Å². The molecule has 0 aromatic heterocycles. The zero-order chi connectivity index (χ0) is 7.40. The highest BCUT2D eigenvalue weighted by Gasteiger charge is 1.89. The van der Waals surface area contributed by atoms with E-state index in [0.29, 0.717) is 0 Å². The molecule has 1 rings (SSSR count). The van der Waals surface area contributed by atoms with Crippen molar-refractivity contribution >= 4 is 56.2 Å². The van der Waals surface area contributed by atoms with Crippen LogP contribution in [-0.4, -0.2) is 0 Å². The van der Waals surface area contributed by atoms with E-state index in [9.17, 15) is 0 Å². The molecule has 0 nitrogen and oxygen atoms in total. The van der Waals surface area contributed by atoms with Crippen LogP contribution >= 0.6 is 45.5 Å². The lowest BCUT2D eigenvalue weighted by Crippen LogP contribution is -1.97. The third-order valence-electron chi connectivity index (χ3n) is 1.10. The van der Waals surface area contributed by atoms with Crippen molar-refractivity contribution in [2.45, 2.75) is 0 Å². The maximum Gasteiger partial charge on any atom is -0.0161 e. The van der Waals surface area contributed by atoms with E-state index in [2.05, 4.69) is 55.2 Å². The number of halogens is 2. The fraction of sp³-hybridized carbons (Fsp3) is 0. The van der Waals surface area contributed by atoms with Crippen molar-refractivity contribution in [1.82, 2.24) is 0 Å². The Kier molecular flexibility index (Phi) is 4.41. The molecule has 0 radical (unpaired) electrons. The Morgan fingerprint density at radius 3 is 1.30 bits per heavy atom. The third kappa shape index (κ3) is 2.58. The molecule has 2 atom stereocenters. The Bertz CT molecular complexity index is 174. The van der Waals surface area contributed by atoms with Gasteiger partial charge in [-0.1, -0.05) is 55.2 Å². The highest BCUT2D eigenvalue weighted by molar-refractivity contribution is 9.37. The summed E-state index contributed by atoms with van der Waals surface area (Å²) in [5, 5.41) is 2.71. The summed E-state index contributed by atoms with van der Waals surface area (Å²) in [7, 11) is 1.46. The SMILES string of the molecule is BrPc1ccc(PBr)cc1. The lowest BCUT2D eigenvalue weighted by molar-refractivity contribution is 1.86. The Morgan fingerprint density at radius 2 is 1.10 bits per heavy atom. The maximum absolute atomic E-state index is 3.42. The molecule has 0 N–H and O–H groups in total. The van der Waals surface area contributed by atoms with Crippen molar-refractivity contribution in [3.05, 3.63) is 24.3 Å². The van der Waals surface area contributed by atoms with Gasteiger partial charge in [0.05, 0.1) is 0 Å². The third-order valence-corrected chi connectivity index (χ3v) is 4.95. The summed E-state index contributed by atoms with van der Waals surface area (Å²) in [6.45, 7) is 0. The highest BCUT2D eigenvalue weighted by atomic mass is 79.9. The molecule has 2 unspecified atom stereocenters. The molecule has 0 amide bonds. The molecule has 0 aliphatic rings. The summed E-state index contributed by atoms with van der Waals surface area (Å²) in [5.74, 6) is 0. The molecule has 0 saturated heterocycles. The average molecular weight is 300 g/mol. The van der Waals surface area contributed by atoms with Crippen LogP contribution < -0.4 is 10.6 Å².